The number of halogens is 3. The summed E-state index contributed by atoms with van der Waals surface area (Å²) in [5.74, 6) is -2.13. The molecular formula is C9H7F3N2O. The number of hydrogen-bond acceptors (Lipinski definition) is 3. The highest BCUT2D eigenvalue weighted by Crippen LogP contribution is 2.35. The molecule has 0 spiro atoms. The average molecular weight is 216 g/mol. The van der Waals surface area contributed by atoms with E-state index in [1.54, 1.807) is 0 Å². The van der Waals surface area contributed by atoms with E-state index in [1.165, 1.54) is 6.20 Å². The van der Waals surface area contributed by atoms with Gasteiger partial charge in [-0.1, -0.05) is 0 Å². The molecule has 0 N–H and O–H groups in total. The van der Waals surface area contributed by atoms with Crippen molar-refractivity contribution < 1.29 is 18.0 Å². The Labute approximate surface area is 83.3 Å². The summed E-state index contributed by atoms with van der Waals surface area (Å²) >= 11 is 0. The van der Waals surface area contributed by atoms with Crippen molar-refractivity contribution in [1.82, 2.24) is 9.97 Å². The van der Waals surface area contributed by atoms with Crippen molar-refractivity contribution in [2.75, 3.05) is 0 Å². The van der Waals surface area contributed by atoms with E-state index in [0.717, 1.165) is 6.33 Å². The van der Waals surface area contributed by atoms with E-state index in [9.17, 15) is 18.0 Å². The monoisotopic (exact) mass is 216 g/mol. The maximum atomic E-state index is 12.4. The number of rotatable bonds is 0. The molecule has 1 unspecified atom stereocenters. The summed E-state index contributed by atoms with van der Waals surface area (Å²) in [6, 6.07) is 0. The molecule has 1 aromatic heterocycles. The summed E-state index contributed by atoms with van der Waals surface area (Å²) in [4.78, 5) is 18.7. The number of alkyl halides is 3. The minimum Gasteiger partial charge on any atom is -0.294 e. The fraction of sp³-hybridized carbons (Fsp3) is 0.444. The van der Waals surface area contributed by atoms with E-state index in [4.69, 9.17) is 0 Å². The molecule has 0 amide bonds. The molecule has 0 aromatic carbocycles. The maximum absolute atomic E-state index is 12.4. The molecule has 1 heterocycles. The summed E-state index contributed by atoms with van der Waals surface area (Å²) in [6.45, 7) is 0. The highest BCUT2D eigenvalue weighted by molar-refractivity contribution is 5.97. The van der Waals surface area contributed by atoms with Crippen LogP contribution in [0.25, 0.3) is 0 Å². The summed E-state index contributed by atoms with van der Waals surface area (Å²) in [6.07, 6.45) is -2.63. The van der Waals surface area contributed by atoms with Gasteiger partial charge in [0.1, 0.15) is 6.33 Å². The fourth-order valence-electron chi connectivity index (χ4n) is 1.62. The van der Waals surface area contributed by atoms with Gasteiger partial charge in [-0.15, -0.1) is 0 Å². The minimum absolute atomic E-state index is 0.198. The van der Waals surface area contributed by atoms with Gasteiger partial charge in [0, 0.05) is 19.0 Å². The van der Waals surface area contributed by atoms with Crippen molar-refractivity contribution in [3.63, 3.8) is 0 Å². The highest BCUT2D eigenvalue weighted by atomic mass is 19.4. The van der Waals surface area contributed by atoms with E-state index in [-0.39, 0.29) is 17.7 Å². The van der Waals surface area contributed by atoms with Crippen molar-refractivity contribution in [3.8, 4) is 0 Å². The molecule has 1 aliphatic rings. The first-order valence-electron chi connectivity index (χ1n) is 4.37. The second-order valence-electron chi connectivity index (χ2n) is 3.45. The van der Waals surface area contributed by atoms with Crippen LogP contribution in [-0.2, 0) is 6.42 Å². The number of nitrogens with zero attached hydrogens (tertiary/aromatic N) is 2. The highest BCUT2D eigenvalue weighted by Gasteiger charge is 2.44. The van der Waals surface area contributed by atoms with E-state index in [0.29, 0.717) is 0 Å². The Hall–Kier alpha value is -1.46. The van der Waals surface area contributed by atoms with Crippen LogP contribution in [0.5, 0.6) is 0 Å². The van der Waals surface area contributed by atoms with Crippen LogP contribution >= 0.6 is 0 Å². The maximum Gasteiger partial charge on any atom is 0.392 e. The van der Waals surface area contributed by atoms with Crippen LogP contribution < -0.4 is 0 Å². The Morgan fingerprint density at radius 1 is 1.33 bits per heavy atom. The van der Waals surface area contributed by atoms with E-state index >= 15 is 0 Å². The standard InChI is InChI=1S/C9H7F3N2O/c10-9(11,12)5-1-7-6(8(15)2-5)3-13-4-14-7/h3-5H,1-2H2. The van der Waals surface area contributed by atoms with Gasteiger partial charge in [-0.3, -0.25) is 4.79 Å². The molecule has 1 aromatic rings. The summed E-state index contributed by atoms with van der Waals surface area (Å²) < 4.78 is 37.2. The van der Waals surface area contributed by atoms with Gasteiger partial charge in [0.15, 0.2) is 5.78 Å². The van der Waals surface area contributed by atoms with Gasteiger partial charge < -0.3 is 0 Å². The Morgan fingerprint density at radius 3 is 2.73 bits per heavy atom. The average Bonchev–Trinajstić information content (AvgIpc) is 2.16. The molecule has 80 valence electrons. The van der Waals surface area contributed by atoms with Gasteiger partial charge in [-0.2, -0.15) is 13.2 Å². The smallest absolute Gasteiger partial charge is 0.294 e. The van der Waals surface area contributed by atoms with Crippen LogP contribution in [0, 0.1) is 5.92 Å². The zero-order valence-corrected chi connectivity index (χ0v) is 7.58. The van der Waals surface area contributed by atoms with Crippen LogP contribution in [0.2, 0.25) is 0 Å². The van der Waals surface area contributed by atoms with Crippen molar-refractivity contribution in [1.29, 1.82) is 0 Å². The van der Waals surface area contributed by atoms with Gasteiger partial charge in [0.25, 0.3) is 0 Å². The van der Waals surface area contributed by atoms with Gasteiger partial charge in [0.2, 0.25) is 0 Å². The van der Waals surface area contributed by atoms with E-state index in [2.05, 4.69) is 9.97 Å². The number of ketones is 1. The van der Waals surface area contributed by atoms with Crippen LogP contribution in [0.1, 0.15) is 22.5 Å². The lowest BCUT2D eigenvalue weighted by atomic mass is 9.86. The third-order valence-corrected chi connectivity index (χ3v) is 2.43. The normalized spacial score (nSPS) is 21.3. The molecule has 1 atom stereocenters. The first-order valence-corrected chi connectivity index (χ1v) is 4.37. The molecule has 0 fully saturated rings. The van der Waals surface area contributed by atoms with Crippen molar-refractivity contribution in [2.45, 2.75) is 19.0 Å². The van der Waals surface area contributed by atoms with Crippen LogP contribution in [-0.4, -0.2) is 21.9 Å². The van der Waals surface area contributed by atoms with Crippen molar-refractivity contribution in [3.05, 3.63) is 23.8 Å². The molecular weight excluding hydrogens is 209 g/mol. The predicted molar refractivity (Wildman–Crippen MR) is 44.2 cm³/mol. The lowest BCUT2D eigenvalue weighted by Crippen LogP contribution is -2.32. The fourth-order valence-corrected chi connectivity index (χ4v) is 1.62. The zero-order chi connectivity index (χ0) is 11.1. The second kappa shape index (κ2) is 3.29. The Bertz CT molecular complexity index is 403. The Kier molecular flexibility index (Phi) is 2.21. The molecule has 0 saturated heterocycles. The van der Waals surface area contributed by atoms with Gasteiger partial charge in [0.05, 0.1) is 17.2 Å². The first-order chi connectivity index (χ1) is 6.98. The van der Waals surface area contributed by atoms with Crippen LogP contribution in [0.15, 0.2) is 12.5 Å². The van der Waals surface area contributed by atoms with Crippen LogP contribution in [0.3, 0.4) is 0 Å². The third kappa shape index (κ3) is 1.84. The molecule has 1 aliphatic carbocycles. The number of aromatic nitrogens is 2. The Balaban J connectivity index is 2.35. The van der Waals surface area contributed by atoms with Gasteiger partial charge in [-0.25, -0.2) is 9.97 Å². The number of hydrogen-bond donors (Lipinski definition) is 0. The summed E-state index contributed by atoms with van der Waals surface area (Å²) in [5.41, 5.74) is 0.418. The largest absolute Gasteiger partial charge is 0.392 e. The molecule has 3 nitrogen and oxygen atoms in total. The number of Topliss-reactive ketones (excluding diaryl/α,β-unsaturated/α-hetero) is 1. The molecule has 0 bridgehead atoms. The number of carbonyl (C=O) groups is 1. The SMILES string of the molecule is O=C1CC(C(F)(F)F)Cc2ncncc21. The third-order valence-electron chi connectivity index (χ3n) is 2.43. The zero-order valence-electron chi connectivity index (χ0n) is 7.58. The molecule has 0 saturated carbocycles. The molecule has 0 radical (unpaired) electrons. The molecule has 15 heavy (non-hydrogen) atoms. The lowest BCUT2D eigenvalue weighted by Gasteiger charge is -2.24. The van der Waals surface area contributed by atoms with Gasteiger partial charge in [-0.05, 0) is 0 Å². The van der Waals surface area contributed by atoms with E-state index < -0.39 is 24.3 Å². The quantitative estimate of drug-likeness (QED) is 0.663. The predicted octanol–water partition coefficient (Wildman–Crippen LogP) is 1.78. The number of carbonyl (C=O) groups excluding carboxylic acids is 1. The molecule has 6 heteroatoms. The van der Waals surface area contributed by atoms with E-state index in [1.807, 2.05) is 0 Å². The summed E-state index contributed by atoms with van der Waals surface area (Å²) in [5, 5.41) is 0. The molecule has 2 rings (SSSR count). The first kappa shape index (κ1) is 10.1. The lowest BCUT2D eigenvalue weighted by molar-refractivity contribution is -0.174. The minimum atomic E-state index is -4.34. The number of fused-ring (bicyclic) bond motifs is 1. The summed E-state index contributed by atoms with van der Waals surface area (Å²) in [7, 11) is 0. The second-order valence-corrected chi connectivity index (χ2v) is 3.45. The van der Waals surface area contributed by atoms with Crippen molar-refractivity contribution in [2.24, 2.45) is 5.92 Å². The topological polar surface area (TPSA) is 42.9 Å². The van der Waals surface area contributed by atoms with Crippen molar-refractivity contribution >= 4 is 5.78 Å². The molecule has 0 aliphatic heterocycles. The van der Waals surface area contributed by atoms with Crippen LogP contribution in [0.4, 0.5) is 13.2 Å². The Morgan fingerprint density at radius 2 is 2.07 bits per heavy atom. The van der Waals surface area contributed by atoms with Gasteiger partial charge >= 0.3 is 6.18 Å².